The molecule has 2 aliphatic heterocycles. The highest BCUT2D eigenvalue weighted by Gasteiger charge is 2.22. The first-order chi connectivity index (χ1) is 10.8. The van der Waals surface area contributed by atoms with Crippen molar-refractivity contribution in [3.05, 3.63) is 58.6 Å². The van der Waals surface area contributed by atoms with Gasteiger partial charge in [0.25, 0.3) is 0 Å². The second kappa shape index (κ2) is 5.99. The standard InChI is InChI=1S/C18H17ClN2S/c19-14-5-6-17-13(11-14)12-16(21-9-7-20-8-10-21)15-3-1-2-4-18(15)22-17/h1-6,11-12,20H,7-10H2/p+1. The molecule has 0 saturated carbocycles. The van der Waals surface area contributed by atoms with E-state index < -0.39 is 0 Å². The Kier molecular flexibility index (Phi) is 3.87. The Bertz CT molecular complexity index is 736. The van der Waals surface area contributed by atoms with Crippen LogP contribution >= 0.6 is 23.4 Å². The van der Waals surface area contributed by atoms with Crippen molar-refractivity contribution in [2.75, 3.05) is 26.2 Å². The molecule has 0 atom stereocenters. The van der Waals surface area contributed by atoms with E-state index in [0.29, 0.717) is 0 Å². The van der Waals surface area contributed by atoms with Crippen LogP contribution in [0, 0.1) is 0 Å². The van der Waals surface area contributed by atoms with Gasteiger partial charge in [-0.1, -0.05) is 41.6 Å². The lowest BCUT2D eigenvalue weighted by Crippen LogP contribution is -2.89. The monoisotopic (exact) mass is 329 g/mol. The summed E-state index contributed by atoms with van der Waals surface area (Å²) in [5.74, 6) is 0. The van der Waals surface area contributed by atoms with Crippen molar-refractivity contribution in [1.29, 1.82) is 0 Å². The molecule has 112 valence electrons. The lowest BCUT2D eigenvalue weighted by molar-refractivity contribution is -0.662. The van der Waals surface area contributed by atoms with Gasteiger partial charge in [0.15, 0.2) is 0 Å². The first kappa shape index (κ1) is 14.2. The average molecular weight is 330 g/mol. The molecule has 0 aromatic heterocycles. The van der Waals surface area contributed by atoms with E-state index in [1.807, 2.05) is 17.8 Å². The molecular weight excluding hydrogens is 312 g/mol. The maximum Gasteiger partial charge on any atom is 0.0934 e. The predicted octanol–water partition coefficient (Wildman–Crippen LogP) is 3.18. The van der Waals surface area contributed by atoms with Gasteiger partial charge in [0.05, 0.1) is 26.2 Å². The van der Waals surface area contributed by atoms with Gasteiger partial charge in [-0.3, -0.25) is 0 Å². The van der Waals surface area contributed by atoms with Crippen molar-refractivity contribution in [2.45, 2.75) is 9.79 Å². The molecule has 4 heteroatoms. The van der Waals surface area contributed by atoms with Crippen LogP contribution in [0.25, 0.3) is 11.8 Å². The number of nitrogens with two attached hydrogens (primary N) is 1. The number of rotatable bonds is 1. The van der Waals surface area contributed by atoms with E-state index in [0.717, 1.165) is 31.2 Å². The Morgan fingerprint density at radius 2 is 1.82 bits per heavy atom. The summed E-state index contributed by atoms with van der Waals surface area (Å²) in [6.45, 7) is 4.52. The van der Waals surface area contributed by atoms with Gasteiger partial charge in [0, 0.05) is 26.1 Å². The molecule has 2 aromatic rings. The van der Waals surface area contributed by atoms with Gasteiger partial charge >= 0.3 is 0 Å². The van der Waals surface area contributed by atoms with Crippen LogP contribution in [0.15, 0.2) is 52.3 Å². The molecule has 1 fully saturated rings. The van der Waals surface area contributed by atoms with Crippen LogP contribution < -0.4 is 5.32 Å². The van der Waals surface area contributed by atoms with E-state index in [1.54, 1.807) is 0 Å². The summed E-state index contributed by atoms with van der Waals surface area (Å²) in [5, 5.41) is 3.19. The van der Waals surface area contributed by atoms with Gasteiger partial charge in [-0.05, 0) is 35.9 Å². The summed E-state index contributed by atoms with van der Waals surface area (Å²) in [5.41, 5.74) is 3.89. The molecule has 0 unspecified atom stereocenters. The van der Waals surface area contributed by atoms with Gasteiger partial charge in [-0.15, -0.1) is 0 Å². The summed E-state index contributed by atoms with van der Waals surface area (Å²) in [4.78, 5) is 5.11. The van der Waals surface area contributed by atoms with Gasteiger partial charge in [-0.2, -0.15) is 0 Å². The van der Waals surface area contributed by atoms with Crippen molar-refractivity contribution >= 4 is 35.1 Å². The summed E-state index contributed by atoms with van der Waals surface area (Å²) < 4.78 is 0. The molecule has 0 spiro atoms. The Balaban J connectivity index is 1.88. The fourth-order valence-corrected chi connectivity index (χ4v) is 4.31. The summed E-state index contributed by atoms with van der Waals surface area (Å²) in [7, 11) is 0. The zero-order valence-corrected chi connectivity index (χ0v) is 13.8. The number of piperazine rings is 1. The molecule has 2 aromatic carbocycles. The molecule has 0 bridgehead atoms. The third-order valence-electron chi connectivity index (χ3n) is 4.19. The fraction of sp³-hybridized carbons (Fsp3) is 0.222. The van der Waals surface area contributed by atoms with Gasteiger partial charge < -0.3 is 10.2 Å². The number of halogens is 1. The third-order valence-corrected chi connectivity index (χ3v) is 5.60. The number of nitrogens with zero attached hydrogens (tertiary/aromatic N) is 1. The molecule has 0 radical (unpaired) electrons. The second-order valence-corrected chi connectivity index (χ2v) is 7.18. The molecule has 2 nitrogen and oxygen atoms in total. The van der Waals surface area contributed by atoms with Crippen molar-refractivity contribution in [3.63, 3.8) is 0 Å². The van der Waals surface area contributed by atoms with Crippen LogP contribution in [0.1, 0.15) is 11.1 Å². The molecule has 4 rings (SSSR count). The number of quaternary nitrogens is 1. The number of hydrogen-bond donors (Lipinski definition) is 1. The Labute approximate surface area is 140 Å². The van der Waals surface area contributed by atoms with Crippen LogP contribution in [-0.4, -0.2) is 31.1 Å². The van der Waals surface area contributed by atoms with E-state index in [1.165, 1.54) is 26.6 Å². The van der Waals surface area contributed by atoms with Crippen LogP contribution in [0.5, 0.6) is 0 Å². The summed E-state index contributed by atoms with van der Waals surface area (Å²) in [6, 6.07) is 14.9. The van der Waals surface area contributed by atoms with E-state index in [4.69, 9.17) is 11.6 Å². The van der Waals surface area contributed by atoms with Gasteiger partial charge in [-0.25, -0.2) is 0 Å². The fourth-order valence-electron chi connectivity index (χ4n) is 3.09. The second-order valence-electron chi connectivity index (χ2n) is 5.66. The number of hydrogen-bond acceptors (Lipinski definition) is 2. The van der Waals surface area contributed by atoms with Crippen LogP contribution in [-0.2, 0) is 0 Å². The Morgan fingerprint density at radius 3 is 2.68 bits per heavy atom. The minimum Gasteiger partial charge on any atom is -0.360 e. The minimum absolute atomic E-state index is 0.799. The quantitative estimate of drug-likeness (QED) is 0.867. The first-order valence-electron chi connectivity index (χ1n) is 7.66. The largest absolute Gasteiger partial charge is 0.360 e. The van der Waals surface area contributed by atoms with Gasteiger partial charge in [0.2, 0.25) is 0 Å². The molecule has 2 aliphatic rings. The van der Waals surface area contributed by atoms with Crippen LogP contribution in [0.3, 0.4) is 0 Å². The molecule has 1 saturated heterocycles. The average Bonchev–Trinajstić information content (AvgIpc) is 2.72. The molecule has 0 aliphatic carbocycles. The molecule has 2 heterocycles. The highest BCUT2D eigenvalue weighted by Crippen LogP contribution is 2.42. The normalized spacial score (nSPS) is 17.3. The number of fused-ring (bicyclic) bond motifs is 2. The Morgan fingerprint density at radius 1 is 1.00 bits per heavy atom. The molecule has 2 N–H and O–H groups in total. The maximum absolute atomic E-state index is 6.22. The third kappa shape index (κ3) is 2.65. The maximum atomic E-state index is 6.22. The van der Waals surface area contributed by atoms with Gasteiger partial charge in [0.1, 0.15) is 0 Å². The van der Waals surface area contributed by atoms with E-state index in [9.17, 15) is 0 Å². The highest BCUT2D eigenvalue weighted by atomic mass is 35.5. The zero-order valence-electron chi connectivity index (χ0n) is 12.3. The topological polar surface area (TPSA) is 19.9 Å². The van der Waals surface area contributed by atoms with Crippen LogP contribution in [0.4, 0.5) is 0 Å². The highest BCUT2D eigenvalue weighted by molar-refractivity contribution is 7.99. The molecule has 22 heavy (non-hydrogen) atoms. The minimum atomic E-state index is 0.799. The SMILES string of the molecule is Clc1ccc2c(c1)C=C(N1CC[NH2+]CC1)c1ccccc1S2. The lowest BCUT2D eigenvalue weighted by atomic mass is 10.1. The lowest BCUT2D eigenvalue weighted by Gasteiger charge is -2.30. The van der Waals surface area contributed by atoms with Crippen molar-refractivity contribution < 1.29 is 5.32 Å². The summed E-state index contributed by atoms with van der Waals surface area (Å²) in [6.07, 6.45) is 2.31. The van der Waals surface area contributed by atoms with E-state index >= 15 is 0 Å². The van der Waals surface area contributed by atoms with E-state index in [2.05, 4.69) is 52.7 Å². The molecule has 0 amide bonds. The van der Waals surface area contributed by atoms with Crippen LogP contribution in [0.2, 0.25) is 5.02 Å². The first-order valence-corrected chi connectivity index (χ1v) is 8.86. The predicted molar refractivity (Wildman–Crippen MR) is 93.1 cm³/mol. The zero-order chi connectivity index (χ0) is 14.9. The van der Waals surface area contributed by atoms with Crippen molar-refractivity contribution in [1.82, 2.24) is 4.90 Å². The summed E-state index contributed by atoms with van der Waals surface area (Å²) >= 11 is 8.05. The van der Waals surface area contributed by atoms with Crippen molar-refractivity contribution in [2.24, 2.45) is 0 Å². The smallest absolute Gasteiger partial charge is 0.0934 e. The van der Waals surface area contributed by atoms with E-state index in [-0.39, 0.29) is 0 Å². The van der Waals surface area contributed by atoms with Crippen molar-refractivity contribution in [3.8, 4) is 0 Å². The molecular formula is C18H18ClN2S+. The number of benzene rings is 2. The Hall–Kier alpha value is -1.42.